The molecule has 3 heterocycles. The maximum absolute atomic E-state index is 14.9. The molecule has 21 nitrogen and oxygen atoms in total. The molecule has 31 heteroatoms. The van der Waals surface area contributed by atoms with Crippen molar-refractivity contribution >= 4 is 77.1 Å². The zero-order valence-electron chi connectivity index (χ0n) is 45.6. The van der Waals surface area contributed by atoms with Crippen LogP contribution in [0.1, 0.15) is 89.8 Å². The Balaban J connectivity index is 0.00000427. The SMILES string of the molecule is CCOc1nn(-c2ccc(SOO[O-])cc2)c([O-])c1C1=C(C=CC2=[N+](CCCCS(=O)(=O)[O-])c3ccc(SOO[O-])cc3C2(C)C)CCC1=C/C=C1/N(CCCCS(=O)(=O)[O-])c2ccc(S(=O)(=O)[O-])cc2C1(C)C.[Na+].[Na+].[Na+].[Na+].[Na+]. The molecule has 400 valence electrons. The predicted molar refractivity (Wildman–Crippen MR) is 263 cm³/mol. The molecule has 3 aromatic carbocycles. The number of unbranched alkanes of at least 4 members (excludes halogenated alkanes) is 2. The van der Waals surface area contributed by atoms with Crippen molar-refractivity contribution in [3.05, 3.63) is 119 Å². The van der Waals surface area contributed by atoms with Crippen LogP contribution in [0.2, 0.25) is 0 Å². The van der Waals surface area contributed by atoms with E-state index < -0.39 is 63.5 Å². The first-order valence-corrected chi connectivity index (χ1v) is 29.1. The third kappa shape index (κ3) is 18.6. The van der Waals surface area contributed by atoms with Crippen LogP contribution in [0.3, 0.4) is 0 Å². The van der Waals surface area contributed by atoms with E-state index in [1.54, 1.807) is 37.3 Å². The van der Waals surface area contributed by atoms with Crippen molar-refractivity contribution in [1.82, 2.24) is 9.78 Å². The van der Waals surface area contributed by atoms with Gasteiger partial charge in [0.05, 0.1) is 72.5 Å². The molecule has 0 saturated carbocycles. The van der Waals surface area contributed by atoms with Gasteiger partial charge in [0.25, 0.3) is 0 Å². The number of allylic oxidation sites excluding steroid dienone is 8. The molecule has 0 saturated heterocycles. The first-order valence-electron chi connectivity index (χ1n) is 23.1. The van der Waals surface area contributed by atoms with Crippen LogP contribution >= 0.6 is 24.1 Å². The van der Waals surface area contributed by atoms with Gasteiger partial charge >= 0.3 is 148 Å². The van der Waals surface area contributed by atoms with Gasteiger partial charge in [-0.1, -0.05) is 26.0 Å². The summed E-state index contributed by atoms with van der Waals surface area (Å²) in [5.74, 6) is -1.63. The molecule has 0 fully saturated rings. The summed E-state index contributed by atoms with van der Waals surface area (Å²) in [5.41, 5.74) is 4.89. The largest absolute Gasteiger partial charge is 1.00 e. The molecule has 79 heavy (non-hydrogen) atoms. The van der Waals surface area contributed by atoms with Gasteiger partial charge < -0.3 is 38.9 Å². The van der Waals surface area contributed by atoms with Crippen LogP contribution in [-0.2, 0) is 59.9 Å². The summed E-state index contributed by atoms with van der Waals surface area (Å²) in [6, 6.07) is 15.9. The molecule has 0 N–H and O–H groups in total. The number of anilines is 1. The number of fused-ring (bicyclic) bond motifs is 2. The molecule has 0 unspecified atom stereocenters. The Morgan fingerprint density at radius 2 is 1.33 bits per heavy atom. The second kappa shape index (κ2) is 32.2. The normalized spacial score (nSPS) is 16.6. The number of ether oxygens (including phenoxy) is 1. The van der Waals surface area contributed by atoms with Gasteiger partial charge in [-0.05, 0) is 136 Å². The van der Waals surface area contributed by atoms with Crippen molar-refractivity contribution in [2.24, 2.45) is 0 Å². The summed E-state index contributed by atoms with van der Waals surface area (Å²) in [5, 5.41) is 47.8. The molecule has 0 radical (unpaired) electrons. The van der Waals surface area contributed by atoms with Gasteiger partial charge in [0.2, 0.25) is 11.6 Å². The van der Waals surface area contributed by atoms with Gasteiger partial charge in [0, 0.05) is 74.6 Å². The molecule has 0 bridgehead atoms. The van der Waals surface area contributed by atoms with Gasteiger partial charge in [-0.15, -0.1) is 5.10 Å². The fourth-order valence-corrected chi connectivity index (χ4v) is 12.0. The van der Waals surface area contributed by atoms with Crippen LogP contribution in [0.4, 0.5) is 11.4 Å². The molecule has 0 spiro atoms. The monoisotopic (exact) mass is 1230 g/mol. The molecule has 0 amide bonds. The van der Waals surface area contributed by atoms with E-state index >= 15 is 0 Å². The van der Waals surface area contributed by atoms with E-state index in [2.05, 4.69) is 23.8 Å². The summed E-state index contributed by atoms with van der Waals surface area (Å²) < 4.78 is 124. The maximum atomic E-state index is 14.9. The summed E-state index contributed by atoms with van der Waals surface area (Å²) in [4.78, 5) is 2.53. The van der Waals surface area contributed by atoms with Crippen molar-refractivity contribution in [3.63, 3.8) is 0 Å². The van der Waals surface area contributed by atoms with Gasteiger partial charge in [-0.2, -0.15) is 13.2 Å². The zero-order valence-corrected chi connectivity index (χ0v) is 59.7. The van der Waals surface area contributed by atoms with E-state index in [-0.39, 0.29) is 192 Å². The van der Waals surface area contributed by atoms with Crippen molar-refractivity contribution in [1.29, 1.82) is 0 Å². The Morgan fingerprint density at radius 3 is 1.92 bits per heavy atom. The number of hydrogen-bond donors (Lipinski definition) is 0. The Kier molecular flexibility index (Phi) is 30.6. The third-order valence-electron chi connectivity index (χ3n) is 13.0. The smallest absolute Gasteiger partial charge is 0.858 e. The second-order valence-corrected chi connectivity index (χ2v) is 24.4. The van der Waals surface area contributed by atoms with Crippen LogP contribution in [0.5, 0.6) is 11.8 Å². The van der Waals surface area contributed by atoms with Gasteiger partial charge in [-0.25, -0.2) is 29.9 Å². The molecule has 4 aromatic rings. The topological polar surface area (TPSA) is 311 Å². The predicted octanol–water partition coefficient (Wildman–Crippen LogP) is -9.83. The maximum Gasteiger partial charge on any atom is 1.00 e. The van der Waals surface area contributed by atoms with E-state index in [1.807, 2.05) is 73.6 Å². The molecular weight excluding hydrogens is 1180 g/mol. The molecule has 2 aliphatic heterocycles. The van der Waals surface area contributed by atoms with E-state index in [4.69, 9.17) is 4.74 Å². The summed E-state index contributed by atoms with van der Waals surface area (Å²) in [6.45, 7) is 10.1. The number of aromatic nitrogens is 2. The Morgan fingerprint density at radius 1 is 0.722 bits per heavy atom. The fourth-order valence-electron chi connectivity index (χ4n) is 9.59. The summed E-state index contributed by atoms with van der Waals surface area (Å²) in [7, 11) is -13.8. The van der Waals surface area contributed by atoms with Gasteiger partial charge in [0.1, 0.15) is 16.7 Å². The van der Waals surface area contributed by atoms with Crippen LogP contribution in [0.15, 0.2) is 116 Å². The number of benzene rings is 3. The average molecular weight is 1230 g/mol. The third-order valence-corrected chi connectivity index (χ3v) is 16.6. The minimum absolute atomic E-state index is 0. The minimum Gasteiger partial charge on any atom is -0.858 e. The van der Waals surface area contributed by atoms with Gasteiger partial charge in [0.15, 0.2) is 5.71 Å². The standard InChI is InChI=1S/C48H56N4O17S5.5Na/c1-6-65-45-44(46(53)52(49-45)33-15-17-34(18-16-33)70-68-66-54)43-31(13-23-41-47(2,3)37-29-35(71-69-67-55)19-21-39(37)50(41)25-7-9-27-72(56,57)58)11-12-32(43)14-24-42-48(4,5)38-30-36(74(62,63)64)20-22-40(38)51(42)26-8-10-28-73(59,60)61;;;;;/h13-24,29-30,54-55H,6-12,25-28H2,1-5H3,(H,56,57,58)(H,59,60,61)(H,62,63,64);;;;;/q;5*+1/p-5/b32-14?,42-24+;;;;;. The van der Waals surface area contributed by atoms with E-state index in [0.717, 1.165) is 29.0 Å². The first kappa shape index (κ1) is 75.2. The quantitative estimate of drug-likeness (QED) is 0.0120. The molecule has 1 aromatic heterocycles. The number of hydrogen-bond acceptors (Lipinski definition) is 21. The van der Waals surface area contributed by atoms with Crippen LogP contribution in [0, 0.1) is 0 Å². The molecule has 3 aliphatic rings. The second-order valence-electron chi connectivity index (χ2n) is 18.4. The van der Waals surface area contributed by atoms with E-state index in [0.29, 0.717) is 87.0 Å². The summed E-state index contributed by atoms with van der Waals surface area (Å²) in [6.07, 6.45) is 9.07. The Labute approximate surface area is 579 Å². The average Bonchev–Trinajstić information content (AvgIpc) is 4.00. The van der Waals surface area contributed by atoms with Crippen molar-refractivity contribution in [2.45, 2.75) is 98.7 Å². The molecule has 0 atom stereocenters. The number of nitrogens with zero attached hydrogens (tertiary/aromatic N) is 4. The van der Waals surface area contributed by atoms with Crippen molar-refractivity contribution in [3.8, 4) is 17.4 Å². The minimum atomic E-state index is -4.85. The van der Waals surface area contributed by atoms with Gasteiger partial charge in [-0.3, -0.25) is 10.1 Å². The van der Waals surface area contributed by atoms with Crippen LogP contribution < -0.4 is 173 Å². The molecule has 1 aliphatic carbocycles. The first-order chi connectivity index (χ1) is 34.9. The van der Waals surface area contributed by atoms with Crippen molar-refractivity contribution < 1.29 is 230 Å². The zero-order chi connectivity index (χ0) is 53.8. The summed E-state index contributed by atoms with van der Waals surface area (Å²) >= 11 is 1.39. The fraction of sp³-hybridized carbons (Fsp3) is 0.375. The van der Waals surface area contributed by atoms with E-state index in [9.17, 15) is 54.5 Å². The van der Waals surface area contributed by atoms with Crippen molar-refractivity contribution in [2.75, 3.05) is 36.1 Å². The van der Waals surface area contributed by atoms with E-state index in [1.165, 1.54) is 22.9 Å². The number of rotatable bonds is 24. The van der Waals surface area contributed by atoms with Crippen LogP contribution in [0.25, 0.3) is 11.3 Å². The Hall–Kier alpha value is 0.0900. The van der Waals surface area contributed by atoms with Crippen LogP contribution in [-0.4, -0.2) is 90.2 Å². The Bertz CT molecular complexity index is 3300. The molecule has 7 rings (SSSR count). The molecular formula is C48H51N4Na5O17S5.